The Bertz CT molecular complexity index is 1020. The first-order valence-corrected chi connectivity index (χ1v) is 8.95. The Kier molecular flexibility index (Phi) is 4.80. The van der Waals surface area contributed by atoms with Gasteiger partial charge in [0.25, 0.3) is 0 Å². The minimum atomic E-state index is 0.825. The van der Waals surface area contributed by atoms with Crippen molar-refractivity contribution < 1.29 is 0 Å². The Balaban J connectivity index is 1.63. The van der Waals surface area contributed by atoms with Crippen LogP contribution in [-0.4, -0.2) is 51.7 Å². The molecule has 6 heteroatoms. The van der Waals surface area contributed by atoms with E-state index in [0.717, 1.165) is 46.9 Å². The van der Waals surface area contributed by atoms with Gasteiger partial charge in [0, 0.05) is 42.2 Å². The van der Waals surface area contributed by atoms with Crippen molar-refractivity contribution in [1.29, 1.82) is 0 Å². The zero-order chi connectivity index (χ0) is 18.6. The van der Waals surface area contributed by atoms with Crippen LogP contribution < -0.4 is 5.32 Å². The van der Waals surface area contributed by atoms with E-state index in [-0.39, 0.29) is 0 Å². The minimum Gasteiger partial charge on any atom is -0.369 e. The normalized spacial score (nSPS) is 11.2. The highest BCUT2D eigenvalue weighted by molar-refractivity contribution is 5.78. The van der Waals surface area contributed by atoms with E-state index in [1.54, 1.807) is 0 Å². The average molecular weight is 358 g/mol. The molecule has 0 aliphatic heterocycles. The van der Waals surface area contributed by atoms with Crippen molar-refractivity contribution in [1.82, 2.24) is 24.5 Å². The van der Waals surface area contributed by atoms with Gasteiger partial charge in [-0.3, -0.25) is 0 Å². The predicted molar refractivity (Wildman–Crippen MR) is 109 cm³/mol. The first-order chi connectivity index (χ1) is 13.2. The van der Waals surface area contributed by atoms with Gasteiger partial charge in [-0.2, -0.15) is 5.10 Å². The maximum absolute atomic E-state index is 4.57. The van der Waals surface area contributed by atoms with E-state index in [1.807, 2.05) is 53.4 Å². The van der Waals surface area contributed by atoms with Gasteiger partial charge in [-0.25, -0.2) is 14.5 Å². The summed E-state index contributed by atoms with van der Waals surface area (Å²) in [5.41, 5.74) is 4.92. The van der Waals surface area contributed by atoms with Crippen LogP contribution in [0.1, 0.15) is 0 Å². The predicted octanol–water partition coefficient (Wildman–Crippen LogP) is 3.43. The van der Waals surface area contributed by atoms with E-state index in [2.05, 4.69) is 57.6 Å². The van der Waals surface area contributed by atoms with Crippen LogP contribution in [0.4, 0.5) is 5.82 Å². The van der Waals surface area contributed by atoms with Crippen molar-refractivity contribution in [3.8, 4) is 22.4 Å². The molecule has 0 saturated carbocycles. The highest BCUT2D eigenvalue weighted by Crippen LogP contribution is 2.27. The zero-order valence-electron chi connectivity index (χ0n) is 15.5. The van der Waals surface area contributed by atoms with Crippen molar-refractivity contribution in [2.45, 2.75) is 0 Å². The Morgan fingerprint density at radius 2 is 1.78 bits per heavy atom. The summed E-state index contributed by atoms with van der Waals surface area (Å²) in [6.45, 7) is 1.82. The highest BCUT2D eigenvalue weighted by atomic mass is 15.3. The van der Waals surface area contributed by atoms with Gasteiger partial charge in [-0.15, -0.1) is 0 Å². The van der Waals surface area contributed by atoms with Crippen LogP contribution in [0.5, 0.6) is 0 Å². The summed E-state index contributed by atoms with van der Waals surface area (Å²) < 4.78 is 1.88. The first kappa shape index (κ1) is 17.2. The molecular formula is C21H22N6. The summed E-state index contributed by atoms with van der Waals surface area (Å²) in [7, 11) is 4.11. The molecule has 0 radical (unpaired) electrons. The fourth-order valence-corrected chi connectivity index (χ4v) is 2.99. The van der Waals surface area contributed by atoms with Crippen LogP contribution in [0.25, 0.3) is 28.0 Å². The fraction of sp³-hybridized carbons (Fsp3) is 0.190. The molecule has 0 bridgehead atoms. The number of likely N-dealkylation sites (N-methyl/N-ethyl adjacent to an activating group) is 1. The molecule has 0 saturated heterocycles. The van der Waals surface area contributed by atoms with Crippen LogP contribution in [0, 0.1) is 0 Å². The lowest BCUT2D eigenvalue weighted by molar-refractivity contribution is 0.425. The van der Waals surface area contributed by atoms with E-state index in [4.69, 9.17) is 0 Å². The standard InChI is InChI=1S/C21H22N6/c1-26(2)13-12-22-20-9-8-17(14-24-20)18-15-25-27-19(10-11-23-21(18)27)16-6-4-3-5-7-16/h3-11,14-15H,12-13H2,1-2H3,(H,22,24). The Morgan fingerprint density at radius 3 is 2.52 bits per heavy atom. The van der Waals surface area contributed by atoms with Crippen LogP contribution in [0.15, 0.2) is 67.1 Å². The number of aromatic nitrogens is 4. The Labute approximate surface area is 158 Å². The van der Waals surface area contributed by atoms with E-state index in [0.29, 0.717) is 0 Å². The summed E-state index contributed by atoms with van der Waals surface area (Å²) in [6, 6.07) is 16.2. The van der Waals surface area contributed by atoms with Gasteiger partial charge in [-0.1, -0.05) is 30.3 Å². The molecule has 1 aromatic carbocycles. The van der Waals surface area contributed by atoms with Crippen molar-refractivity contribution in [2.75, 3.05) is 32.5 Å². The lowest BCUT2D eigenvalue weighted by Gasteiger charge is -2.10. The molecule has 0 spiro atoms. The molecule has 3 heterocycles. The van der Waals surface area contributed by atoms with Crippen molar-refractivity contribution in [3.05, 3.63) is 67.1 Å². The average Bonchev–Trinajstić information content (AvgIpc) is 3.13. The van der Waals surface area contributed by atoms with Gasteiger partial charge < -0.3 is 10.2 Å². The van der Waals surface area contributed by atoms with Crippen molar-refractivity contribution >= 4 is 11.5 Å². The molecule has 0 unspecified atom stereocenters. The summed E-state index contributed by atoms with van der Waals surface area (Å²) in [5, 5.41) is 7.90. The number of benzene rings is 1. The second kappa shape index (κ2) is 7.55. The molecule has 4 rings (SSSR count). The largest absolute Gasteiger partial charge is 0.369 e. The summed E-state index contributed by atoms with van der Waals surface area (Å²) in [4.78, 5) is 11.2. The smallest absolute Gasteiger partial charge is 0.163 e. The molecule has 3 aromatic heterocycles. The summed E-state index contributed by atoms with van der Waals surface area (Å²) in [6.07, 6.45) is 5.55. The minimum absolute atomic E-state index is 0.825. The van der Waals surface area contributed by atoms with Gasteiger partial charge in [-0.05, 0) is 32.3 Å². The molecule has 27 heavy (non-hydrogen) atoms. The monoisotopic (exact) mass is 358 g/mol. The molecule has 0 aliphatic rings. The number of hydrogen-bond acceptors (Lipinski definition) is 5. The van der Waals surface area contributed by atoms with E-state index in [9.17, 15) is 0 Å². The molecule has 0 aliphatic carbocycles. The Hall–Kier alpha value is -3.25. The first-order valence-electron chi connectivity index (χ1n) is 8.95. The number of nitrogens with one attached hydrogen (secondary N) is 1. The third kappa shape index (κ3) is 3.66. The third-order valence-corrected chi connectivity index (χ3v) is 4.41. The lowest BCUT2D eigenvalue weighted by Crippen LogP contribution is -2.21. The summed E-state index contributed by atoms with van der Waals surface area (Å²) >= 11 is 0. The quantitative estimate of drug-likeness (QED) is 0.572. The van der Waals surface area contributed by atoms with E-state index < -0.39 is 0 Å². The van der Waals surface area contributed by atoms with E-state index in [1.165, 1.54) is 0 Å². The van der Waals surface area contributed by atoms with Crippen molar-refractivity contribution in [2.24, 2.45) is 0 Å². The zero-order valence-corrected chi connectivity index (χ0v) is 15.5. The highest BCUT2D eigenvalue weighted by Gasteiger charge is 2.12. The molecule has 0 atom stereocenters. The molecule has 1 N–H and O–H groups in total. The van der Waals surface area contributed by atoms with Crippen LogP contribution in [0.3, 0.4) is 0 Å². The maximum atomic E-state index is 4.57. The second-order valence-corrected chi connectivity index (χ2v) is 6.65. The third-order valence-electron chi connectivity index (χ3n) is 4.41. The number of nitrogens with zero attached hydrogens (tertiary/aromatic N) is 5. The van der Waals surface area contributed by atoms with Gasteiger partial charge in [0.1, 0.15) is 5.82 Å². The van der Waals surface area contributed by atoms with Crippen LogP contribution in [0.2, 0.25) is 0 Å². The second-order valence-electron chi connectivity index (χ2n) is 6.65. The number of anilines is 1. The van der Waals surface area contributed by atoms with Gasteiger partial charge in [0.05, 0.1) is 11.9 Å². The Morgan fingerprint density at radius 1 is 0.926 bits per heavy atom. The van der Waals surface area contributed by atoms with E-state index >= 15 is 0 Å². The van der Waals surface area contributed by atoms with Crippen molar-refractivity contribution in [3.63, 3.8) is 0 Å². The number of hydrogen-bond donors (Lipinski definition) is 1. The van der Waals surface area contributed by atoms with Gasteiger partial charge in [0.2, 0.25) is 0 Å². The topological polar surface area (TPSA) is 58.4 Å². The molecule has 0 amide bonds. The molecule has 4 aromatic rings. The van der Waals surface area contributed by atoms with Crippen LogP contribution in [-0.2, 0) is 0 Å². The SMILES string of the molecule is CN(C)CCNc1ccc(-c2cnn3c(-c4ccccc4)ccnc23)cn1. The maximum Gasteiger partial charge on any atom is 0.163 e. The van der Waals surface area contributed by atoms with Gasteiger partial charge in [0.15, 0.2) is 5.65 Å². The molecule has 0 fully saturated rings. The molecular weight excluding hydrogens is 336 g/mol. The lowest BCUT2D eigenvalue weighted by atomic mass is 10.1. The number of fused-ring (bicyclic) bond motifs is 1. The van der Waals surface area contributed by atoms with Crippen LogP contribution >= 0.6 is 0 Å². The molecule has 6 nitrogen and oxygen atoms in total. The van der Waals surface area contributed by atoms with Gasteiger partial charge >= 0.3 is 0 Å². The number of pyridine rings is 1. The molecule has 136 valence electrons. The summed E-state index contributed by atoms with van der Waals surface area (Å²) in [5.74, 6) is 0.870. The fourth-order valence-electron chi connectivity index (χ4n) is 2.99. The number of rotatable bonds is 6.